The molecule has 0 fully saturated rings. The number of ether oxygens (including phenoxy) is 1. The van der Waals surface area contributed by atoms with Crippen LogP contribution in [0.25, 0.3) is 16.2 Å². The predicted molar refractivity (Wildman–Crippen MR) is 162 cm³/mol. The minimum Gasteiger partial charge on any atom is -0.478 e. The van der Waals surface area contributed by atoms with E-state index in [1.165, 1.54) is 16.7 Å². The van der Waals surface area contributed by atoms with Crippen molar-refractivity contribution in [3.8, 4) is 5.88 Å². The molecule has 0 unspecified atom stereocenters. The van der Waals surface area contributed by atoms with Gasteiger partial charge in [0.2, 0.25) is 11.8 Å². The molecule has 0 spiro atoms. The number of allylic oxidation sites excluding steroid dienone is 4. The summed E-state index contributed by atoms with van der Waals surface area (Å²) < 4.78 is 5.96. The molecule has 1 aliphatic rings. The highest BCUT2D eigenvalue weighted by atomic mass is 35.5. The number of halogens is 1. The quantitative estimate of drug-likeness (QED) is 0.182. The minimum atomic E-state index is 0.00726. The van der Waals surface area contributed by atoms with E-state index in [0.29, 0.717) is 18.4 Å². The summed E-state index contributed by atoms with van der Waals surface area (Å²) >= 11 is 7.01. The number of pyridine rings is 1. The second kappa shape index (κ2) is 13.4. The van der Waals surface area contributed by atoms with Gasteiger partial charge >= 0.3 is 0 Å². The fourth-order valence-corrected chi connectivity index (χ4v) is 5.25. The zero-order valence-corrected chi connectivity index (χ0v) is 24.0. The van der Waals surface area contributed by atoms with Gasteiger partial charge in [-0.25, -0.2) is 4.98 Å². The SMILES string of the molecule is CC/C(=C(\C1=C(Cl)c2ccccc2C1)c1ccc(OCCC[C@H](C)/C=C/C(=O)N(C)C)nc1)c1ccccc1. The monoisotopic (exact) mass is 540 g/mol. The van der Waals surface area contributed by atoms with E-state index in [9.17, 15) is 4.79 Å². The Morgan fingerprint density at radius 1 is 1.05 bits per heavy atom. The fraction of sp³-hybridized carbons (Fsp3) is 0.294. The molecule has 1 amide bonds. The van der Waals surface area contributed by atoms with Crippen molar-refractivity contribution in [2.24, 2.45) is 5.92 Å². The molecule has 3 aromatic rings. The summed E-state index contributed by atoms with van der Waals surface area (Å²) in [6.07, 6.45) is 8.99. The van der Waals surface area contributed by atoms with E-state index in [2.05, 4.69) is 67.4 Å². The van der Waals surface area contributed by atoms with Crippen LogP contribution in [0, 0.1) is 5.92 Å². The average molecular weight is 541 g/mol. The van der Waals surface area contributed by atoms with Crippen molar-refractivity contribution in [2.45, 2.75) is 39.5 Å². The van der Waals surface area contributed by atoms with Gasteiger partial charge in [-0.05, 0) is 70.7 Å². The van der Waals surface area contributed by atoms with Gasteiger partial charge in [-0.3, -0.25) is 4.79 Å². The summed E-state index contributed by atoms with van der Waals surface area (Å²) in [5, 5.41) is 0.818. The number of rotatable bonds is 11. The van der Waals surface area contributed by atoms with Crippen LogP contribution >= 0.6 is 11.6 Å². The Kier molecular flexibility index (Phi) is 9.78. The van der Waals surface area contributed by atoms with E-state index in [-0.39, 0.29) is 5.91 Å². The maximum Gasteiger partial charge on any atom is 0.245 e. The van der Waals surface area contributed by atoms with E-state index in [0.717, 1.165) is 53.0 Å². The van der Waals surface area contributed by atoms with Gasteiger partial charge < -0.3 is 9.64 Å². The molecule has 4 nitrogen and oxygen atoms in total. The smallest absolute Gasteiger partial charge is 0.245 e. The molecular weight excluding hydrogens is 504 g/mol. The highest BCUT2D eigenvalue weighted by molar-refractivity contribution is 6.51. The van der Waals surface area contributed by atoms with Crippen molar-refractivity contribution in [3.63, 3.8) is 0 Å². The second-order valence-electron chi connectivity index (χ2n) is 10.1. The molecule has 1 aromatic heterocycles. The Labute approximate surface area is 237 Å². The van der Waals surface area contributed by atoms with Crippen LogP contribution in [0.3, 0.4) is 0 Å². The number of hydrogen-bond acceptors (Lipinski definition) is 3. The van der Waals surface area contributed by atoms with Crippen LogP contribution in [0.4, 0.5) is 0 Å². The first-order valence-corrected chi connectivity index (χ1v) is 14.0. The van der Waals surface area contributed by atoms with Crippen LogP contribution in [0.5, 0.6) is 5.88 Å². The molecule has 1 atom stereocenters. The summed E-state index contributed by atoms with van der Waals surface area (Å²) in [5.74, 6) is 0.920. The first kappa shape index (κ1) is 28.4. The Morgan fingerprint density at radius 3 is 2.46 bits per heavy atom. The number of likely N-dealkylation sites (N-methyl/N-ethyl adjacent to an activating group) is 1. The maximum absolute atomic E-state index is 11.7. The standard InChI is InChI=1S/C34H37ClN2O2/c1-5-28(25-13-7-6-8-14-25)33(30-22-26-15-9-10-16-29(26)34(30)35)27-18-19-31(36-23-27)39-21-11-12-24(2)17-20-32(38)37(3)4/h6-10,13-20,23-24H,5,11-12,21-22H2,1-4H3/b20-17+,33-28+/t24-/m0/s1. The summed E-state index contributed by atoms with van der Waals surface area (Å²) in [6, 6.07) is 22.9. The van der Waals surface area contributed by atoms with E-state index in [1.54, 1.807) is 25.1 Å². The molecule has 4 rings (SSSR count). The zero-order valence-electron chi connectivity index (χ0n) is 23.3. The third kappa shape index (κ3) is 7.07. The normalized spacial score (nSPS) is 14.3. The van der Waals surface area contributed by atoms with Crippen LogP contribution in [-0.4, -0.2) is 36.5 Å². The minimum absolute atomic E-state index is 0.00726. The molecule has 1 aliphatic carbocycles. The number of nitrogens with zero attached hydrogens (tertiary/aromatic N) is 2. The molecule has 0 bridgehead atoms. The van der Waals surface area contributed by atoms with Crippen molar-refractivity contribution in [1.82, 2.24) is 9.88 Å². The van der Waals surface area contributed by atoms with Gasteiger partial charge in [0.1, 0.15) is 0 Å². The van der Waals surface area contributed by atoms with Gasteiger partial charge in [0, 0.05) is 38.3 Å². The first-order valence-electron chi connectivity index (χ1n) is 13.6. The highest BCUT2D eigenvalue weighted by Crippen LogP contribution is 2.45. The first-order chi connectivity index (χ1) is 18.9. The van der Waals surface area contributed by atoms with E-state index in [1.807, 2.05) is 30.5 Å². The fourth-order valence-electron chi connectivity index (χ4n) is 4.90. The second-order valence-corrected chi connectivity index (χ2v) is 10.5. The van der Waals surface area contributed by atoms with Crippen LogP contribution in [0.15, 0.2) is 90.7 Å². The third-order valence-corrected chi connectivity index (χ3v) is 7.48. The van der Waals surface area contributed by atoms with E-state index >= 15 is 0 Å². The molecule has 5 heteroatoms. The maximum atomic E-state index is 11.7. The number of fused-ring (bicyclic) bond motifs is 1. The molecule has 39 heavy (non-hydrogen) atoms. The lowest BCUT2D eigenvalue weighted by Crippen LogP contribution is -2.19. The van der Waals surface area contributed by atoms with Crippen molar-refractivity contribution >= 4 is 33.7 Å². The molecule has 2 aromatic carbocycles. The van der Waals surface area contributed by atoms with Crippen LogP contribution in [0.1, 0.15) is 55.4 Å². The molecule has 0 saturated heterocycles. The Balaban J connectivity index is 1.52. The average Bonchev–Trinajstić information content (AvgIpc) is 3.29. The molecule has 0 aliphatic heterocycles. The number of amides is 1. The lowest BCUT2D eigenvalue weighted by Gasteiger charge is -2.18. The van der Waals surface area contributed by atoms with E-state index < -0.39 is 0 Å². The van der Waals surface area contributed by atoms with Crippen molar-refractivity contribution < 1.29 is 9.53 Å². The number of hydrogen-bond donors (Lipinski definition) is 0. The van der Waals surface area contributed by atoms with Gasteiger partial charge in [0.15, 0.2) is 0 Å². The lowest BCUT2D eigenvalue weighted by molar-refractivity contribution is -0.123. The number of carbonyl (C=O) groups excluding carboxylic acids is 1. The molecular formula is C34H37ClN2O2. The van der Waals surface area contributed by atoms with Gasteiger partial charge in [-0.15, -0.1) is 0 Å². The number of benzene rings is 2. The van der Waals surface area contributed by atoms with Gasteiger partial charge in [0.25, 0.3) is 0 Å². The van der Waals surface area contributed by atoms with Crippen molar-refractivity contribution in [1.29, 1.82) is 0 Å². The molecule has 0 radical (unpaired) electrons. The van der Waals surface area contributed by atoms with Crippen molar-refractivity contribution in [2.75, 3.05) is 20.7 Å². The summed E-state index contributed by atoms with van der Waals surface area (Å²) in [5.41, 5.74) is 8.13. The Hall–Kier alpha value is -3.63. The topological polar surface area (TPSA) is 42.4 Å². The van der Waals surface area contributed by atoms with Gasteiger partial charge in [0.05, 0.1) is 11.6 Å². The highest BCUT2D eigenvalue weighted by Gasteiger charge is 2.25. The van der Waals surface area contributed by atoms with Gasteiger partial charge in [-0.1, -0.05) is 86.1 Å². The number of carbonyl (C=O) groups is 1. The third-order valence-electron chi connectivity index (χ3n) is 7.05. The lowest BCUT2D eigenvalue weighted by atomic mass is 9.88. The van der Waals surface area contributed by atoms with Crippen LogP contribution in [-0.2, 0) is 11.2 Å². The zero-order chi connectivity index (χ0) is 27.8. The molecule has 202 valence electrons. The van der Waals surface area contributed by atoms with Crippen molar-refractivity contribution in [3.05, 3.63) is 113 Å². The molecule has 1 heterocycles. The van der Waals surface area contributed by atoms with E-state index in [4.69, 9.17) is 16.3 Å². The van der Waals surface area contributed by atoms with Crippen LogP contribution < -0.4 is 4.74 Å². The summed E-state index contributed by atoms with van der Waals surface area (Å²) in [7, 11) is 3.51. The Bertz CT molecular complexity index is 1370. The summed E-state index contributed by atoms with van der Waals surface area (Å²) in [6.45, 7) is 4.88. The Morgan fingerprint density at radius 2 is 1.79 bits per heavy atom. The summed E-state index contributed by atoms with van der Waals surface area (Å²) in [4.78, 5) is 18.0. The molecule has 0 N–H and O–H groups in total. The van der Waals surface area contributed by atoms with Crippen LogP contribution in [0.2, 0.25) is 0 Å². The largest absolute Gasteiger partial charge is 0.478 e. The predicted octanol–water partition coefficient (Wildman–Crippen LogP) is 8.05. The molecule has 0 saturated carbocycles. The number of aromatic nitrogens is 1. The van der Waals surface area contributed by atoms with Gasteiger partial charge in [-0.2, -0.15) is 0 Å².